The number of anilines is 1. The lowest BCUT2D eigenvalue weighted by atomic mass is 10.1. The van der Waals surface area contributed by atoms with E-state index >= 15 is 0 Å². The van der Waals surface area contributed by atoms with Gasteiger partial charge in [0.25, 0.3) is 0 Å². The fraction of sp³-hybridized carbons (Fsp3) is 0.714. The molecule has 1 aliphatic rings. The van der Waals surface area contributed by atoms with Crippen molar-refractivity contribution in [3.8, 4) is 5.88 Å². The van der Waals surface area contributed by atoms with Crippen molar-refractivity contribution in [3.63, 3.8) is 0 Å². The van der Waals surface area contributed by atoms with E-state index in [2.05, 4.69) is 15.3 Å². The van der Waals surface area contributed by atoms with Crippen molar-refractivity contribution in [3.05, 3.63) is 12.4 Å². The summed E-state index contributed by atoms with van der Waals surface area (Å²) in [6.45, 7) is 3.96. The van der Waals surface area contributed by atoms with Crippen molar-refractivity contribution in [2.24, 2.45) is 0 Å². The molecule has 19 heavy (non-hydrogen) atoms. The fourth-order valence-electron chi connectivity index (χ4n) is 2.34. The molecule has 1 aliphatic carbocycles. The zero-order chi connectivity index (χ0) is 13.7. The predicted octanol–water partition coefficient (Wildman–Crippen LogP) is 3.62. The molecule has 1 aromatic rings. The third-order valence-electron chi connectivity index (χ3n) is 3.26. The molecule has 0 radical (unpaired) electrons. The van der Waals surface area contributed by atoms with Crippen LogP contribution in [-0.4, -0.2) is 27.5 Å². The number of nitrogens with one attached hydrogen (secondary N) is 1. The van der Waals surface area contributed by atoms with Gasteiger partial charge in [-0.2, -0.15) is 0 Å². The normalized spacial score (nSPS) is 24.0. The molecule has 1 heterocycles. The third-order valence-corrected chi connectivity index (χ3v) is 3.79. The maximum Gasteiger partial charge on any atom is 0.218 e. The van der Waals surface area contributed by atoms with Crippen molar-refractivity contribution < 1.29 is 4.74 Å². The first-order valence-corrected chi connectivity index (χ1v) is 7.48. The molecule has 2 atom stereocenters. The average Bonchev–Trinajstić information content (AvgIpc) is 2.55. The van der Waals surface area contributed by atoms with E-state index in [1.54, 1.807) is 0 Å². The molecule has 5 heteroatoms. The van der Waals surface area contributed by atoms with Crippen molar-refractivity contribution in [1.29, 1.82) is 0 Å². The summed E-state index contributed by atoms with van der Waals surface area (Å²) in [5, 5.41) is 3.59. The second-order valence-corrected chi connectivity index (χ2v) is 5.87. The summed E-state index contributed by atoms with van der Waals surface area (Å²) in [7, 11) is 0. The van der Waals surface area contributed by atoms with Crippen LogP contribution in [-0.2, 0) is 0 Å². The molecule has 1 saturated carbocycles. The lowest BCUT2D eigenvalue weighted by molar-refractivity contribution is 0.232. The highest BCUT2D eigenvalue weighted by Gasteiger charge is 2.22. The van der Waals surface area contributed by atoms with E-state index in [1.807, 2.05) is 19.9 Å². The van der Waals surface area contributed by atoms with Crippen LogP contribution in [0.15, 0.2) is 12.4 Å². The first-order valence-electron chi connectivity index (χ1n) is 7.04. The van der Waals surface area contributed by atoms with Crippen LogP contribution in [0.2, 0.25) is 0 Å². The maximum absolute atomic E-state index is 6.42. The van der Waals surface area contributed by atoms with E-state index < -0.39 is 0 Å². The van der Waals surface area contributed by atoms with Crippen LogP contribution in [0.1, 0.15) is 46.0 Å². The van der Waals surface area contributed by atoms with Crippen LogP contribution in [0, 0.1) is 0 Å². The van der Waals surface area contributed by atoms with Gasteiger partial charge in [0.1, 0.15) is 12.1 Å². The average molecular weight is 284 g/mol. The van der Waals surface area contributed by atoms with E-state index in [0.29, 0.717) is 5.88 Å². The SMILES string of the molecule is CC(C)Oc1cc(NC2CCCCCC2Cl)ncn1. The molecule has 0 aliphatic heterocycles. The Bertz CT molecular complexity index is 400. The first kappa shape index (κ1) is 14.4. The minimum atomic E-state index is 0.112. The maximum atomic E-state index is 6.42. The number of alkyl halides is 1. The number of hydrogen-bond acceptors (Lipinski definition) is 4. The van der Waals surface area contributed by atoms with Crippen molar-refractivity contribution >= 4 is 17.4 Å². The van der Waals surface area contributed by atoms with Crippen molar-refractivity contribution in [2.45, 2.75) is 63.5 Å². The Balaban J connectivity index is 2.01. The Morgan fingerprint density at radius 3 is 2.84 bits per heavy atom. The van der Waals surface area contributed by atoms with Gasteiger partial charge in [0, 0.05) is 12.1 Å². The van der Waals surface area contributed by atoms with Gasteiger partial charge in [-0.1, -0.05) is 19.3 Å². The lowest BCUT2D eigenvalue weighted by Gasteiger charge is -2.21. The quantitative estimate of drug-likeness (QED) is 0.677. The molecule has 2 rings (SSSR count). The fourth-order valence-corrected chi connectivity index (χ4v) is 2.68. The molecule has 1 fully saturated rings. The van der Waals surface area contributed by atoms with Crippen LogP contribution in [0.3, 0.4) is 0 Å². The van der Waals surface area contributed by atoms with E-state index in [9.17, 15) is 0 Å². The van der Waals surface area contributed by atoms with Gasteiger partial charge < -0.3 is 10.1 Å². The van der Waals surface area contributed by atoms with Crippen LogP contribution in [0.4, 0.5) is 5.82 Å². The van der Waals surface area contributed by atoms with Gasteiger partial charge in [-0.05, 0) is 26.7 Å². The molecule has 0 amide bonds. The van der Waals surface area contributed by atoms with Gasteiger partial charge in [0.05, 0.1) is 11.5 Å². The van der Waals surface area contributed by atoms with Gasteiger partial charge in [-0.25, -0.2) is 9.97 Å². The monoisotopic (exact) mass is 283 g/mol. The Hall–Kier alpha value is -1.03. The predicted molar refractivity (Wildman–Crippen MR) is 77.9 cm³/mol. The van der Waals surface area contributed by atoms with Crippen molar-refractivity contribution in [2.75, 3.05) is 5.32 Å². The Morgan fingerprint density at radius 1 is 1.26 bits per heavy atom. The van der Waals surface area contributed by atoms with E-state index in [4.69, 9.17) is 16.3 Å². The molecular formula is C14H22ClN3O. The lowest BCUT2D eigenvalue weighted by Crippen LogP contribution is -2.29. The molecule has 0 spiro atoms. The molecule has 1 aromatic heterocycles. The van der Waals surface area contributed by atoms with Crippen LogP contribution < -0.4 is 10.1 Å². The van der Waals surface area contributed by atoms with Crippen molar-refractivity contribution in [1.82, 2.24) is 9.97 Å². The van der Waals surface area contributed by atoms with Crippen LogP contribution >= 0.6 is 11.6 Å². The number of halogens is 1. The molecule has 106 valence electrons. The topological polar surface area (TPSA) is 47.0 Å². The molecule has 1 N–H and O–H groups in total. The minimum Gasteiger partial charge on any atom is -0.475 e. The number of rotatable bonds is 4. The standard InChI is InChI=1S/C14H22ClN3O/c1-10(2)19-14-8-13(16-9-17-14)18-12-7-5-3-4-6-11(12)15/h8-12H,3-7H2,1-2H3,(H,16,17,18). The Kier molecular flexibility index (Phi) is 5.25. The van der Waals surface area contributed by atoms with E-state index in [1.165, 1.54) is 25.6 Å². The largest absolute Gasteiger partial charge is 0.475 e. The van der Waals surface area contributed by atoms with Gasteiger partial charge in [-0.3, -0.25) is 0 Å². The number of hydrogen-bond donors (Lipinski definition) is 1. The third kappa shape index (κ3) is 4.53. The number of nitrogens with zero attached hydrogens (tertiary/aromatic N) is 2. The molecular weight excluding hydrogens is 262 g/mol. The summed E-state index contributed by atoms with van der Waals surface area (Å²) >= 11 is 6.42. The summed E-state index contributed by atoms with van der Waals surface area (Å²) in [5.41, 5.74) is 0. The van der Waals surface area contributed by atoms with Crippen LogP contribution in [0.5, 0.6) is 5.88 Å². The first-order chi connectivity index (χ1) is 9.15. The molecule has 0 saturated heterocycles. The molecule has 0 bridgehead atoms. The Morgan fingerprint density at radius 2 is 2.05 bits per heavy atom. The van der Waals surface area contributed by atoms with Gasteiger partial charge in [-0.15, -0.1) is 11.6 Å². The highest BCUT2D eigenvalue weighted by atomic mass is 35.5. The van der Waals surface area contributed by atoms with E-state index in [0.717, 1.165) is 18.7 Å². The number of ether oxygens (including phenoxy) is 1. The highest BCUT2D eigenvalue weighted by Crippen LogP contribution is 2.25. The van der Waals surface area contributed by atoms with Crippen LogP contribution in [0.25, 0.3) is 0 Å². The zero-order valence-corrected chi connectivity index (χ0v) is 12.4. The summed E-state index contributed by atoms with van der Waals surface area (Å²) in [6, 6.07) is 2.13. The Labute approximate surface area is 119 Å². The minimum absolute atomic E-state index is 0.112. The highest BCUT2D eigenvalue weighted by molar-refractivity contribution is 6.21. The molecule has 0 aromatic carbocycles. The summed E-state index contributed by atoms with van der Waals surface area (Å²) < 4.78 is 5.57. The summed E-state index contributed by atoms with van der Waals surface area (Å²) in [6.07, 6.45) is 7.52. The molecule has 2 unspecified atom stereocenters. The van der Waals surface area contributed by atoms with Gasteiger partial charge in [0.15, 0.2) is 0 Å². The van der Waals surface area contributed by atoms with Gasteiger partial charge >= 0.3 is 0 Å². The summed E-state index contributed by atoms with van der Waals surface area (Å²) in [4.78, 5) is 8.35. The summed E-state index contributed by atoms with van der Waals surface area (Å²) in [5.74, 6) is 1.40. The second kappa shape index (κ2) is 6.94. The van der Waals surface area contributed by atoms with Gasteiger partial charge in [0.2, 0.25) is 5.88 Å². The van der Waals surface area contributed by atoms with E-state index in [-0.39, 0.29) is 17.5 Å². The molecule has 4 nitrogen and oxygen atoms in total. The smallest absolute Gasteiger partial charge is 0.218 e. The second-order valence-electron chi connectivity index (χ2n) is 5.31. The number of aromatic nitrogens is 2. The zero-order valence-electron chi connectivity index (χ0n) is 11.6.